The van der Waals surface area contributed by atoms with Crippen LogP contribution < -0.4 is 20.5 Å². The van der Waals surface area contributed by atoms with Crippen molar-refractivity contribution in [2.45, 2.75) is 19.9 Å². The molecule has 0 saturated heterocycles. The molecule has 10 nitrogen and oxygen atoms in total. The first-order valence-electron chi connectivity index (χ1n) is 8.59. The summed E-state index contributed by atoms with van der Waals surface area (Å²) in [7, 11) is 1.48. The number of aromatic nitrogens is 3. The summed E-state index contributed by atoms with van der Waals surface area (Å²) in [6.45, 7) is 3.49. The molecule has 1 atom stereocenters. The van der Waals surface area contributed by atoms with Crippen LogP contribution in [-0.2, 0) is 14.3 Å². The number of nitrogens with two attached hydrogens (primary N) is 1. The molecule has 10 heteroatoms. The number of nitrogens with one attached hydrogen (secondary N) is 1. The Morgan fingerprint density at radius 2 is 2.11 bits per heavy atom. The summed E-state index contributed by atoms with van der Waals surface area (Å²) in [5, 5.41) is 7.31. The zero-order valence-electron chi connectivity index (χ0n) is 15.8. The Morgan fingerprint density at radius 3 is 2.79 bits per heavy atom. The highest BCUT2D eigenvalue weighted by atomic mass is 16.5. The Morgan fingerprint density at radius 1 is 1.32 bits per heavy atom. The van der Waals surface area contributed by atoms with Gasteiger partial charge in [0.15, 0.2) is 18.1 Å². The number of anilines is 1. The first kappa shape index (κ1) is 19.2. The number of hydrogen-bond acceptors (Lipinski definition) is 8. The number of carbonyl (C=O) groups excluding carboxylic acids is 2. The number of ether oxygens (including phenoxy) is 3. The van der Waals surface area contributed by atoms with Gasteiger partial charge in [0, 0.05) is 5.70 Å². The van der Waals surface area contributed by atoms with Crippen LogP contribution >= 0.6 is 0 Å². The molecule has 2 heterocycles. The SMILES string of the molecule is CCOC(=O)C1=C(C)Nc2ncnn2[C@H]1c1ccc(OCC(N)=O)c(OC)c1. The number of nitrogens with zero attached hydrogens (tertiary/aromatic N) is 3. The van der Waals surface area contributed by atoms with E-state index in [0.717, 1.165) is 0 Å². The van der Waals surface area contributed by atoms with Crippen molar-refractivity contribution >= 4 is 17.8 Å². The normalized spacial score (nSPS) is 15.5. The molecule has 3 rings (SSSR count). The molecule has 1 aliphatic rings. The van der Waals surface area contributed by atoms with Gasteiger partial charge in [-0.25, -0.2) is 9.48 Å². The maximum atomic E-state index is 12.6. The molecule has 2 aromatic rings. The van der Waals surface area contributed by atoms with Crippen LogP contribution in [-0.4, -0.2) is 47.0 Å². The highest BCUT2D eigenvalue weighted by Crippen LogP contribution is 2.38. The number of benzene rings is 1. The highest BCUT2D eigenvalue weighted by molar-refractivity contribution is 5.92. The van der Waals surface area contributed by atoms with Crippen LogP contribution in [0.4, 0.5) is 5.95 Å². The molecule has 0 bridgehead atoms. The van der Waals surface area contributed by atoms with Gasteiger partial charge in [0.05, 0.1) is 19.3 Å². The standard InChI is InChI=1S/C18H21N5O5/c1-4-27-17(25)15-10(2)22-18-20-9-21-23(18)16(15)11-5-6-12(13(7-11)26-3)28-8-14(19)24/h5-7,9,16H,4,8H2,1-3H3,(H2,19,24)(H,20,21,22)/t16-/m0/s1. The molecule has 0 saturated carbocycles. The van der Waals surface area contributed by atoms with Gasteiger partial charge in [-0.15, -0.1) is 0 Å². The smallest absolute Gasteiger partial charge is 0.338 e. The Labute approximate surface area is 161 Å². The Bertz CT molecular complexity index is 936. The van der Waals surface area contributed by atoms with Crippen molar-refractivity contribution in [3.63, 3.8) is 0 Å². The van der Waals surface area contributed by atoms with E-state index in [1.807, 2.05) is 0 Å². The second-order valence-corrected chi connectivity index (χ2v) is 5.98. The van der Waals surface area contributed by atoms with E-state index in [4.69, 9.17) is 19.9 Å². The van der Waals surface area contributed by atoms with Gasteiger partial charge in [-0.05, 0) is 31.5 Å². The van der Waals surface area contributed by atoms with Gasteiger partial charge >= 0.3 is 5.97 Å². The van der Waals surface area contributed by atoms with Crippen molar-refractivity contribution in [1.82, 2.24) is 14.8 Å². The number of hydrogen-bond donors (Lipinski definition) is 2. The van der Waals surface area contributed by atoms with E-state index in [2.05, 4.69) is 15.4 Å². The highest BCUT2D eigenvalue weighted by Gasteiger charge is 2.34. The fourth-order valence-corrected chi connectivity index (χ4v) is 2.99. The Hall–Kier alpha value is -3.56. The molecule has 0 spiro atoms. The lowest BCUT2D eigenvalue weighted by Gasteiger charge is -2.28. The number of methoxy groups -OCH3 is 1. The summed E-state index contributed by atoms with van der Waals surface area (Å²) < 4.78 is 17.6. The van der Waals surface area contributed by atoms with E-state index in [1.165, 1.54) is 13.4 Å². The number of amides is 1. The van der Waals surface area contributed by atoms with Gasteiger partial charge in [-0.3, -0.25) is 4.79 Å². The predicted molar refractivity (Wildman–Crippen MR) is 98.8 cm³/mol. The molecular formula is C18H21N5O5. The lowest BCUT2D eigenvalue weighted by atomic mass is 9.95. The minimum atomic E-state index is -0.597. The minimum absolute atomic E-state index is 0.246. The van der Waals surface area contributed by atoms with Gasteiger partial charge in [0.2, 0.25) is 5.95 Å². The predicted octanol–water partition coefficient (Wildman–Crippen LogP) is 1.00. The van der Waals surface area contributed by atoms with E-state index in [9.17, 15) is 9.59 Å². The molecule has 1 amide bonds. The molecule has 0 aliphatic carbocycles. The van der Waals surface area contributed by atoms with Crippen molar-refractivity contribution in [3.8, 4) is 11.5 Å². The van der Waals surface area contributed by atoms with Crippen LogP contribution in [0.2, 0.25) is 0 Å². The maximum Gasteiger partial charge on any atom is 0.338 e. The fourth-order valence-electron chi connectivity index (χ4n) is 2.99. The van der Waals surface area contributed by atoms with Crippen LogP contribution in [0.25, 0.3) is 0 Å². The monoisotopic (exact) mass is 387 g/mol. The number of allylic oxidation sites excluding steroid dienone is 1. The van der Waals surface area contributed by atoms with Crippen LogP contribution in [0.5, 0.6) is 11.5 Å². The van der Waals surface area contributed by atoms with E-state index in [1.54, 1.807) is 36.7 Å². The van der Waals surface area contributed by atoms with Gasteiger partial charge in [0.1, 0.15) is 12.4 Å². The van der Waals surface area contributed by atoms with Gasteiger partial charge in [-0.2, -0.15) is 10.1 Å². The van der Waals surface area contributed by atoms with Crippen molar-refractivity contribution in [2.75, 3.05) is 25.6 Å². The van der Waals surface area contributed by atoms with Crippen LogP contribution in [0, 0.1) is 0 Å². The first-order chi connectivity index (χ1) is 13.5. The largest absolute Gasteiger partial charge is 0.493 e. The van der Waals surface area contributed by atoms with Gasteiger partial charge < -0.3 is 25.3 Å². The van der Waals surface area contributed by atoms with Crippen molar-refractivity contribution in [1.29, 1.82) is 0 Å². The third-order valence-corrected chi connectivity index (χ3v) is 4.16. The minimum Gasteiger partial charge on any atom is -0.493 e. The summed E-state index contributed by atoms with van der Waals surface area (Å²) in [6.07, 6.45) is 1.40. The Balaban J connectivity index is 2.06. The second-order valence-electron chi connectivity index (χ2n) is 5.98. The average molecular weight is 387 g/mol. The average Bonchev–Trinajstić information content (AvgIpc) is 3.13. The molecule has 3 N–H and O–H groups in total. The topological polar surface area (TPSA) is 131 Å². The number of esters is 1. The fraction of sp³-hybridized carbons (Fsp3) is 0.333. The number of carbonyl (C=O) groups is 2. The summed E-state index contributed by atoms with van der Waals surface area (Å²) in [4.78, 5) is 27.8. The van der Waals surface area contributed by atoms with Crippen LogP contribution in [0.1, 0.15) is 25.5 Å². The summed E-state index contributed by atoms with van der Waals surface area (Å²) in [5.74, 6) is 0.200. The van der Waals surface area contributed by atoms with Gasteiger partial charge in [-0.1, -0.05) is 6.07 Å². The van der Waals surface area contributed by atoms with E-state index in [-0.39, 0.29) is 13.2 Å². The first-order valence-corrected chi connectivity index (χ1v) is 8.59. The molecule has 1 aromatic heterocycles. The third kappa shape index (κ3) is 3.61. The molecule has 0 radical (unpaired) electrons. The number of fused-ring (bicyclic) bond motifs is 1. The molecule has 148 valence electrons. The zero-order valence-corrected chi connectivity index (χ0v) is 15.8. The molecule has 1 aromatic carbocycles. The summed E-state index contributed by atoms with van der Waals surface area (Å²) in [6, 6.07) is 4.54. The summed E-state index contributed by atoms with van der Waals surface area (Å²) >= 11 is 0. The number of primary amides is 1. The van der Waals surface area contributed by atoms with E-state index in [0.29, 0.717) is 34.3 Å². The van der Waals surface area contributed by atoms with Crippen molar-refractivity contribution in [2.24, 2.45) is 5.73 Å². The van der Waals surface area contributed by atoms with Gasteiger partial charge in [0.25, 0.3) is 5.91 Å². The van der Waals surface area contributed by atoms with E-state index >= 15 is 0 Å². The van der Waals surface area contributed by atoms with Crippen molar-refractivity contribution in [3.05, 3.63) is 41.4 Å². The molecule has 0 fully saturated rings. The van der Waals surface area contributed by atoms with Crippen LogP contribution in [0.3, 0.4) is 0 Å². The zero-order chi connectivity index (χ0) is 20.3. The third-order valence-electron chi connectivity index (χ3n) is 4.16. The summed E-state index contributed by atoms with van der Waals surface area (Å²) in [5.41, 5.74) is 6.87. The molecule has 1 aliphatic heterocycles. The quantitative estimate of drug-likeness (QED) is 0.673. The van der Waals surface area contributed by atoms with E-state index < -0.39 is 17.9 Å². The lowest BCUT2D eigenvalue weighted by Crippen LogP contribution is -2.29. The lowest BCUT2D eigenvalue weighted by molar-refractivity contribution is -0.139. The second kappa shape index (κ2) is 7.99. The van der Waals surface area contributed by atoms with Crippen molar-refractivity contribution < 1.29 is 23.8 Å². The maximum absolute atomic E-state index is 12.6. The molecular weight excluding hydrogens is 366 g/mol. The van der Waals surface area contributed by atoms with Crippen LogP contribution in [0.15, 0.2) is 35.8 Å². The molecule has 28 heavy (non-hydrogen) atoms. The molecule has 0 unspecified atom stereocenters. The number of rotatable bonds is 7. The Kier molecular flexibility index (Phi) is 5.48.